The summed E-state index contributed by atoms with van der Waals surface area (Å²) in [4.78, 5) is 11.8. The highest BCUT2D eigenvalue weighted by atomic mass is 32.1. The molecule has 0 fully saturated rings. The molecule has 7 aromatic rings. The first-order valence-corrected chi connectivity index (χ1v) is 13.4. The molecule has 3 nitrogen and oxygen atoms in total. The van der Waals surface area contributed by atoms with Crippen molar-refractivity contribution in [1.82, 2.24) is 9.97 Å². The number of benzene rings is 5. The molecule has 0 amide bonds. The lowest BCUT2D eigenvalue weighted by molar-refractivity contribution is 1.29. The van der Waals surface area contributed by atoms with E-state index in [0.717, 1.165) is 38.2 Å². The molecule has 0 radical (unpaired) electrons. The Balaban J connectivity index is 1.50. The zero-order chi connectivity index (χ0) is 25.3. The predicted octanol–water partition coefficient (Wildman–Crippen LogP) is 9.65. The van der Waals surface area contributed by atoms with Crippen LogP contribution >= 0.6 is 11.3 Å². The highest BCUT2D eigenvalue weighted by Gasteiger charge is 2.23. The van der Waals surface area contributed by atoms with Gasteiger partial charge in [0.1, 0.15) is 15.7 Å². The third-order valence-electron chi connectivity index (χ3n) is 6.77. The summed E-state index contributed by atoms with van der Waals surface area (Å²) in [5.41, 5.74) is 5.31. The summed E-state index contributed by atoms with van der Waals surface area (Å²) in [6.45, 7) is 0. The number of thiazole rings is 1. The molecule has 4 heteroatoms. The normalized spacial score (nSPS) is 11.2. The minimum Gasteiger partial charge on any atom is -0.300 e. The van der Waals surface area contributed by atoms with Crippen molar-refractivity contribution in [2.24, 2.45) is 0 Å². The van der Waals surface area contributed by atoms with Crippen molar-refractivity contribution >= 4 is 49.3 Å². The van der Waals surface area contributed by atoms with Crippen LogP contribution < -0.4 is 4.90 Å². The Morgan fingerprint density at radius 1 is 0.500 bits per heavy atom. The van der Waals surface area contributed by atoms with Crippen LogP contribution in [0.4, 0.5) is 16.4 Å². The number of rotatable bonds is 5. The van der Waals surface area contributed by atoms with Crippen molar-refractivity contribution < 1.29 is 0 Å². The lowest BCUT2D eigenvalue weighted by Gasteiger charge is -2.25. The van der Waals surface area contributed by atoms with E-state index in [1.807, 2.05) is 30.6 Å². The summed E-state index contributed by atoms with van der Waals surface area (Å²) < 4.78 is 0. The van der Waals surface area contributed by atoms with Crippen LogP contribution in [0.3, 0.4) is 0 Å². The molecule has 0 atom stereocenters. The van der Waals surface area contributed by atoms with Crippen LogP contribution in [0.15, 0.2) is 140 Å². The fraction of sp³-hybridized carbons (Fsp3) is 0. The average Bonchev–Trinajstić information content (AvgIpc) is 3.43. The van der Waals surface area contributed by atoms with Crippen LogP contribution in [0.25, 0.3) is 43.4 Å². The van der Waals surface area contributed by atoms with Gasteiger partial charge in [0.15, 0.2) is 0 Å². The first-order valence-electron chi connectivity index (χ1n) is 12.6. The quantitative estimate of drug-likeness (QED) is 0.233. The van der Waals surface area contributed by atoms with Gasteiger partial charge in [-0.15, -0.1) is 0 Å². The molecule has 0 bridgehead atoms. The zero-order valence-electron chi connectivity index (χ0n) is 20.5. The van der Waals surface area contributed by atoms with Crippen molar-refractivity contribution in [2.45, 2.75) is 0 Å². The third kappa shape index (κ3) is 4.11. The van der Waals surface area contributed by atoms with Gasteiger partial charge in [0, 0.05) is 34.9 Å². The minimum absolute atomic E-state index is 0.962. The Morgan fingerprint density at radius 3 is 1.66 bits per heavy atom. The smallest absolute Gasteiger partial charge is 0.129 e. The van der Waals surface area contributed by atoms with Crippen molar-refractivity contribution in [2.75, 3.05) is 4.90 Å². The lowest BCUT2D eigenvalue weighted by atomic mass is 10.1. The number of hydrogen-bond donors (Lipinski definition) is 0. The number of nitrogens with zero attached hydrogens (tertiary/aromatic N) is 3. The summed E-state index contributed by atoms with van der Waals surface area (Å²) >= 11 is 1.70. The van der Waals surface area contributed by atoms with Gasteiger partial charge in [-0.2, -0.15) is 0 Å². The molecule has 0 aliphatic carbocycles. The van der Waals surface area contributed by atoms with E-state index < -0.39 is 0 Å². The molecule has 0 unspecified atom stereocenters. The number of anilines is 3. The molecule has 0 N–H and O–H groups in total. The standard InChI is InChI=1S/C34H23N3S/c1-2-10-26(11-3-1)32-34(38-33(36-32)27-18-20-35-21-19-27)37(30-16-14-24-8-4-6-12-28(24)22-30)31-17-15-25-9-5-7-13-29(25)23-31/h1-23H. The second-order valence-corrected chi connectivity index (χ2v) is 10.2. The second-order valence-electron chi connectivity index (χ2n) is 9.17. The Morgan fingerprint density at radius 2 is 1.05 bits per heavy atom. The van der Waals surface area contributed by atoms with E-state index in [1.54, 1.807) is 11.3 Å². The van der Waals surface area contributed by atoms with E-state index in [1.165, 1.54) is 21.5 Å². The summed E-state index contributed by atoms with van der Waals surface area (Å²) in [6.07, 6.45) is 3.64. The maximum atomic E-state index is 5.20. The molecule has 0 saturated heterocycles. The lowest BCUT2D eigenvalue weighted by Crippen LogP contribution is -2.09. The maximum absolute atomic E-state index is 5.20. The fourth-order valence-electron chi connectivity index (χ4n) is 4.88. The van der Waals surface area contributed by atoms with Gasteiger partial charge in [-0.1, -0.05) is 102 Å². The highest BCUT2D eigenvalue weighted by molar-refractivity contribution is 7.19. The molecule has 38 heavy (non-hydrogen) atoms. The van der Waals surface area contributed by atoms with Gasteiger partial charge >= 0.3 is 0 Å². The molecule has 5 aromatic carbocycles. The first kappa shape index (κ1) is 22.4. The van der Waals surface area contributed by atoms with Gasteiger partial charge < -0.3 is 4.90 Å². The van der Waals surface area contributed by atoms with Gasteiger partial charge in [-0.3, -0.25) is 4.98 Å². The van der Waals surface area contributed by atoms with Gasteiger partial charge in [0.05, 0.1) is 0 Å². The van der Waals surface area contributed by atoms with Crippen LogP contribution in [-0.4, -0.2) is 9.97 Å². The molecule has 0 saturated carbocycles. The molecular weight excluding hydrogens is 482 g/mol. The van der Waals surface area contributed by atoms with Crippen molar-refractivity contribution in [1.29, 1.82) is 0 Å². The van der Waals surface area contributed by atoms with Crippen LogP contribution in [0.2, 0.25) is 0 Å². The number of pyridine rings is 1. The highest BCUT2D eigenvalue weighted by Crippen LogP contribution is 2.47. The van der Waals surface area contributed by atoms with Crippen molar-refractivity contribution in [3.63, 3.8) is 0 Å². The van der Waals surface area contributed by atoms with E-state index in [0.29, 0.717) is 0 Å². The Labute approximate surface area is 225 Å². The fourth-order valence-corrected chi connectivity index (χ4v) is 6.02. The van der Waals surface area contributed by atoms with E-state index in [-0.39, 0.29) is 0 Å². The Bertz CT molecular complexity index is 1800. The van der Waals surface area contributed by atoms with Crippen molar-refractivity contribution in [3.05, 3.63) is 140 Å². The van der Waals surface area contributed by atoms with E-state index in [9.17, 15) is 0 Å². The predicted molar refractivity (Wildman–Crippen MR) is 160 cm³/mol. The Hall–Kier alpha value is -4.80. The molecule has 2 heterocycles. The maximum Gasteiger partial charge on any atom is 0.129 e. The van der Waals surface area contributed by atoms with Crippen LogP contribution in [0.1, 0.15) is 0 Å². The molecule has 0 spiro atoms. The number of aromatic nitrogens is 2. The zero-order valence-corrected chi connectivity index (χ0v) is 21.3. The molecule has 0 aliphatic heterocycles. The first-order chi connectivity index (χ1) is 18.8. The second kappa shape index (κ2) is 9.58. The average molecular weight is 506 g/mol. The molecule has 180 valence electrons. The van der Waals surface area contributed by atoms with E-state index >= 15 is 0 Å². The largest absolute Gasteiger partial charge is 0.300 e. The molecular formula is C34H23N3S. The van der Waals surface area contributed by atoms with Gasteiger partial charge in [0.25, 0.3) is 0 Å². The third-order valence-corrected chi connectivity index (χ3v) is 7.86. The number of hydrogen-bond acceptors (Lipinski definition) is 4. The number of fused-ring (bicyclic) bond motifs is 2. The van der Waals surface area contributed by atoms with Crippen LogP contribution in [-0.2, 0) is 0 Å². The molecule has 0 aliphatic rings. The molecule has 2 aromatic heterocycles. The van der Waals surface area contributed by atoms with E-state index in [2.05, 4.69) is 119 Å². The summed E-state index contributed by atoms with van der Waals surface area (Å²) in [7, 11) is 0. The summed E-state index contributed by atoms with van der Waals surface area (Å²) in [5, 5.41) is 6.90. The van der Waals surface area contributed by atoms with Gasteiger partial charge in [-0.05, 0) is 57.9 Å². The van der Waals surface area contributed by atoms with Gasteiger partial charge in [0.2, 0.25) is 0 Å². The van der Waals surface area contributed by atoms with Crippen LogP contribution in [0.5, 0.6) is 0 Å². The van der Waals surface area contributed by atoms with Crippen molar-refractivity contribution in [3.8, 4) is 21.8 Å². The monoisotopic (exact) mass is 505 g/mol. The summed E-state index contributed by atoms with van der Waals surface area (Å²) in [5.74, 6) is 0. The van der Waals surface area contributed by atoms with Crippen LogP contribution in [0, 0.1) is 0 Å². The minimum atomic E-state index is 0.962. The molecule has 7 rings (SSSR count). The SMILES string of the molecule is c1ccc(-c2nc(-c3ccncc3)sc2N(c2ccc3ccccc3c2)c2ccc3ccccc3c2)cc1. The Kier molecular flexibility index (Phi) is 5.65. The van der Waals surface area contributed by atoms with E-state index in [4.69, 9.17) is 4.98 Å². The summed E-state index contributed by atoms with van der Waals surface area (Å²) in [6, 6.07) is 44.9. The topological polar surface area (TPSA) is 29.0 Å². The van der Waals surface area contributed by atoms with Gasteiger partial charge in [-0.25, -0.2) is 4.98 Å².